The number of carbonyl (C=O) groups is 1. The van der Waals surface area contributed by atoms with Crippen molar-refractivity contribution in [1.82, 2.24) is 4.90 Å². The highest BCUT2D eigenvalue weighted by atomic mass is 16.6. The van der Waals surface area contributed by atoms with E-state index in [2.05, 4.69) is 6.92 Å². The fourth-order valence-electron chi connectivity index (χ4n) is 2.78. The molecule has 0 radical (unpaired) electrons. The van der Waals surface area contributed by atoms with Crippen LogP contribution in [0, 0.1) is 5.92 Å². The van der Waals surface area contributed by atoms with E-state index in [9.17, 15) is 4.79 Å². The molecule has 0 aromatic heterocycles. The molecule has 1 saturated heterocycles. The minimum Gasteiger partial charge on any atom is -0.444 e. The normalized spacial score (nSPS) is 30.2. The van der Waals surface area contributed by atoms with Crippen molar-refractivity contribution in [2.45, 2.75) is 65.6 Å². The SMILES string of the molecule is CC.CC1CC2(C1)CN(C(=O)OC(C)(C)C)CCO2. The first-order valence-corrected chi connectivity index (χ1v) is 7.42. The second-order valence-electron chi connectivity index (χ2n) is 6.45. The molecule has 1 spiro atoms. The number of hydrogen-bond acceptors (Lipinski definition) is 3. The highest BCUT2D eigenvalue weighted by Crippen LogP contribution is 2.42. The standard InChI is InChI=1S/C13H23NO3.C2H6/c1-10-7-13(8-10)9-14(5-6-16-13)11(15)17-12(2,3)4;1-2/h10H,5-9H2,1-4H3;1-2H3. The molecule has 1 heterocycles. The Kier molecular flexibility index (Phi) is 5.25. The van der Waals surface area contributed by atoms with Gasteiger partial charge in [0, 0.05) is 6.54 Å². The highest BCUT2D eigenvalue weighted by Gasteiger charge is 2.47. The average Bonchev–Trinajstić information content (AvgIpc) is 2.28. The summed E-state index contributed by atoms with van der Waals surface area (Å²) < 4.78 is 11.2. The van der Waals surface area contributed by atoms with Gasteiger partial charge in [0.1, 0.15) is 5.60 Å². The van der Waals surface area contributed by atoms with Gasteiger partial charge in [-0.2, -0.15) is 0 Å². The Hall–Kier alpha value is -0.770. The molecule has 4 heteroatoms. The Morgan fingerprint density at radius 2 is 1.89 bits per heavy atom. The van der Waals surface area contributed by atoms with Crippen LogP contribution >= 0.6 is 0 Å². The molecule has 112 valence electrons. The number of hydrogen-bond donors (Lipinski definition) is 0. The molecule has 2 rings (SSSR count). The molecule has 19 heavy (non-hydrogen) atoms. The fraction of sp³-hybridized carbons (Fsp3) is 0.933. The Morgan fingerprint density at radius 1 is 1.32 bits per heavy atom. The number of amides is 1. The highest BCUT2D eigenvalue weighted by molar-refractivity contribution is 5.68. The minimum absolute atomic E-state index is 0.0748. The summed E-state index contributed by atoms with van der Waals surface area (Å²) >= 11 is 0. The van der Waals surface area contributed by atoms with Gasteiger partial charge in [-0.3, -0.25) is 0 Å². The molecule has 0 bridgehead atoms. The molecule has 1 aliphatic heterocycles. The molecule has 1 saturated carbocycles. The van der Waals surface area contributed by atoms with Crippen LogP contribution in [0.2, 0.25) is 0 Å². The van der Waals surface area contributed by atoms with E-state index < -0.39 is 5.60 Å². The van der Waals surface area contributed by atoms with Crippen LogP contribution in [-0.4, -0.2) is 41.9 Å². The molecular formula is C15H29NO3. The van der Waals surface area contributed by atoms with Crippen molar-refractivity contribution >= 4 is 6.09 Å². The monoisotopic (exact) mass is 271 g/mol. The summed E-state index contributed by atoms with van der Waals surface area (Å²) in [5.74, 6) is 0.716. The third-order valence-corrected chi connectivity index (χ3v) is 3.34. The Balaban J connectivity index is 0.000000861. The van der Waals surface area contributed by atoms with Gasteiger partial charge >= 0.3 is 6.09 Å². The first-order chi connectivity index (χ1) is 8.80. The molecule has 0 unspecified atom stereocenters. The second kappa shape index (κ2) is 6.12. The molecule has 0 aromatic carbocycles. The molecule has 2 fully saturated rings. The second-order valence-corrected chi connectivity index (χ2v) is 6.45. The average molecular weight is 271 g/mol. The zero-order valence-corrected chi connectivity index (χ0v) is 13.3. The Morgan fingerprint density at radius 3 is 2.37 bits per heavy atom. The third-order valence-electron chi connectivity index (χ3n) is 3.34. The molecule has 1 amide bonds. The Bertz CT molecular complexity index is 297. The van der Waals surface area contributed by atoms with E-state index in [1.807, 2.05) is 34.6 Å². The van der Waals surface area contributed by atoms with E-state index in [0.29, 0.717) is 25.6 Å². The van der Waals surface area contributed by atoms with Crippen LogP contribution in [0.25, 0.3) is 0 Å². The topological polar surface area (TPSA) is 38.8 Å². The van der Waals surface area contributed by atoms with Gasteiger partial charge in [-0.25, -0.2) is 4.79 Å². The van der Waals surface area contributed by atoms with Crippen LogP contribution < -0.4 is 0 Å². The first-order valence-electron chi connectivity index (χ1n) is 7.42. The fourth-order valence-corrected chi connectivity index (χ4v) is 2.78. The predicted octanol–water partition coefficient (Wildman–Crippen LogP) is 3.45. The smallest absolute Gasteiger partial charge is 0.410 e. The molecule has 0 aromatic rings. The van der Waals surface area contributed by atoms with E-state index >= 15 is 0 Å². The van der Waals surface area contributed by atoms with Crippen molar-refractivity contribution in [2.75, 3.05) is 19.7 Å². The van der Waals surface area contributed by atoms with E-state index in [4.69, 9.17) is 9.47 Å². The van der Waals surface area contributed by atoms with Crippen LogP contribution in [0.5, 0.6) is 0 Å². The van der Waals surface area contributed by atoms with Gasteiger partial charge in [0.15, 0.2) is 0 Å². The largest absolute Gasteiger partial charge is 0.444 e. The summed E-state index contributed by atoms with van der Waals surface area (Å²) in [5, 5.41) is 0. The van der Waals surface area contributed by atoms with E-state index in [0.717, 1.165) is 12.8 Å². The molecule has 1 aliphatic carbocycles. The molecule has 0 N–H and O–H groups in total. The summed E-state index contributed by atoms with van der Waals surface area (Å²) in [6.45, 7) is 13.9. The van der Waals surface area contributed by atoms with E-state index in [1.165, 1.54) is 0 Å². The van der Waals surface area contributed by atoms with Crippen LogP contribution in [0.3, 0.4) is 0 Å². The quantitative estimate of drug-likeness (QED) is 0.677. The van der Waals surface area contributed by atoms with Crippen molar-refractivity contribution in [3.8, 4) is 0 Å². The van der Waals surface area contributed by atoms with Crippen LogP contribution in [0.4, 0.5) is 4.79 Å². The summed E-state index contributed by atoms with van der Waals surface area (Å²) in [6.07, 6.45) is 1.92. The van der Waals surface area contributed by atoms with Crippen molar-refractivity contribution in [3.63, 3.8) is 0 Å². The van der Waals surface area contributed by atoms with Gasteiger partial charge in [0.05, 0.1) is 18.8 Å². The number of ether oxygens (including phenoxy) is 2. The van der Waals surface area contributed by atoms with Crippen LogP contribution in [-0.2, 0) is 9.47 Å². The predicted molar refractivity (Wildman–Crippen MR) is 76.2 cm³/mol. The lowest BCUT2D eigenvalue weighted by atomic mass is 9.71. The number of carbonyl (C=O) groups excluding carboxylic acids is 1. The molecule has 2 aliphatic rings. The summed E-state index contributed by atoms with van der Waals surface area (Å²) in [4.78, 5) is 13.8. The van der Waals surface area contributed by atoms with Crippen LogP contribution in [0.1, 0.15) is 54.4 Å². The van der Waals surface area contributed by atoms with Crippen molar-refractivity contribution < 1.29 is 14.3 Å². The van der Waals surface area contributed by atoms with E-state index in [-0.39, 0.29) is 11.7 Å². The van der Waals surface area contributed by atoms with Gasteiger partial charge in [-0.05, 0) is 39.5 Å². The summed E-state index contributed by atoms with van der Waals surface area (Å²) in [6, 6.07) is 0. The van der Waals surface area contributed by atoms with Gasteiger partial charge in [0.25, 0.3) is 0 Å². The zero-order chi connectivity index (χ0) is 14.7. The minimum atomic E-state index is -0.421. The summed E-state index contributed by atoms with van der Waals surface area (Å²) in [5.41, 5.74) is -0.496. The number of morpholine rings is 1. The molecule has 0 atom stereocenters. The molecule has 4 nitrogen and oxygen atoms in total. The summed E-state index contributed by atoms with van der Waals surface area (Å²) in [7, 11) is 0. The number of rotatable bonds is 0. The maximum absolute atomic E-state index is 12.0. The maximum atomic E-state index is 12.0. The van der Waals surface area contributed by atoms with Crippen molar-refractivity contribution in [3.05, 3.63) is 0 Å². The maximum Gasteiger partial charge on any atom is 0.410 e. The van der Waals surface area contributed by atoms with Gasteiger partial charge in [0.2, 0.25) is 0 Å². The van der Waals surface area contributed by atoms with Crippen molar-refractivity contribution in [1.29, 1.82) is 0 Å². The van der Waals surface area contributed by atoms with Crippen molar-refractivity contribution in [2.24, 2.45) is 5.92 Å². The first kappa shape index (κ1) is 16.3. The van der Waals surface area contributed by atoms with Crippen LogP contribution in [0.15, 0.2) is 0 Å². The lowest BCUT2D eigenvalue weighted by molar-refractivity contribution is -0.167. The molecular weight excluding hydrogens is 242 g/mol. The lowest BCUT2D eigenvalue weighted by Crippen LogP contribution is -2.59. The van der Waals surface area contributed by atoms with Gasteiger partial charge < -0.3 is 14.4 Å². The Labute approximate surface area is 117 Å². The number of nitrogens with zero attached hydrogens (tertiary/aromatic N) is 1. The van der Waals surface area contributed by atoms with E-state index in [1.54, 1.807) is 4.90 Å². The zero-order valence-electron chi connectivity index (χ0n) is 13.3. The van der Waals surface area contributed by atoms with Gasteiger partial charge in [-0.1, -0.05) is 20.8 Å². The third kappa shape index (κ3) is 4.37. The van der Waals surface area contributed by atoms with Gasteiger partial charge in [-0.15, -0.1) is 0 Å². The lowest BCUT2D eigenvalue weighted by Gasteiger charge is -2.51.